The summed E-state index contributed by atoms with van der Waals surface area (Å²) in [4.78, 5) is 12.0. The summed E-state index contributed by atoms with van der Waals surface area (Å²) in [5.74, 6) is -0.432. The molecule has 1 amide bonds. The number of sulfone groups is 1. The third kappa shape index (κ3) is 3.12. The van der Waals surface area contributed by atoms with Crippen LogP contribution in [0.3, 0.4) is 0 Å². The molecule has 0 aromatic heterocycles. The van der Waals surface area contributed by atoms with Gasteiger partial charge in [-0.15, -0.1) is 0 Å². The van der Waals surface area contributed by atoms with Gasteiger partial charge in [0.1, 0.15) is 5.25 Å². The van der Waals surface area contributed by atoms with Crippen LogP contribution in [0.25, 0.3) is 0 Å². The molecule has 1 aromatic carbocycles. The lowest BCUT2D eigenvalue weighted by Crippen LogP contribution is -2.39. The molecule has 0 radical (unpaired) electrons. The van der Waals surface area contributed by atoms with E-state index in [1.165, 1.54) is 6.07 Å². The van der Waals surface area contributed by atoms with Crippen molar-refractivity contribution in [1.82, 2.24) is 0 Å². The molecule has 0 spiro atoms. The summed E-state index contributed by atoms with van der Waals surface area (Å²) in [5, 5.41) is 10.4. The number of amides is 1. The van der Waals surface area contributed by atoms with Gasteiger partial charge in [0.05, 0.1) is 17.4 Å². The van der Waals surface area contributed by atoms with Gasteiger partial charge in [0.25, 0.3) is 0 Å². The number of benzene rings is 1. The SMILES string of the molecule is N#Cc1cccc(NC(=O)C2CCCCS2(=O)=O)c1. The summed E-state index contributed by atoms with van der Waals surface area (Å²) in [7, 11) is -3.34. The zero-order valence-corrected chi connectivity index (χ0v) is 11.1. The Morgan fingerprint density at radius 2 is 2.16 bits per heavy atom. The van der Waals surface area contributed by atoms with Crippen LogP contribution in [-0.2, 0) is 14.6 Å². The first-order valence-electron chi connectivity index (χ1n) is 6.05. The van der Waals surface area contributed by atoms with E-state index in [1.807, 2.05) is 6.07 Å². The normalized spacial score (nSPS) is 21.3. The average Bonchev–Trinajstić information content (AvgIpc) is 2.38. The molecule has 1 aliphatic heterocycles. The molecule has 1 aromatic rings. The van der Waals surface area contributed by atoms with Gasteiger partial charge < -0.3 is 5.32 Å². The van der Waals surface area contributed by atoms with Crippen molar-refractivity contribution in [3.05, 3.63) is 29.8 Å². The molecule has 1 saturated heterocycles. The number of hydrogen-bond donors (Lipinski definition) is 1. The zero-order chi connectivity index (χ0) is 13.9. The Morgan fingerprint density at radius 3 is 2.84 bits per heavy atom. The Bertz CT molecular complexity index is 632. The molecule has 1 fully saturated rings. The standard InChI is InChI=1S/C13H14N2O3S/c14-9-10-4-3-5-11(8-10)15-13(16)12-6-1-2-7-19(12,17)18/h3-5,8,12H,1-2,6-7H2,(H,15,16). The molecular weight excluding hydrogens is 264 g/mol. The van der Waals surface area contributed by atoms with E-state index in [4.69, 9.17) is 5.26 Å². The minimum atomic E-state index is -3.34. The van der Waals surface area contributed by atoms with Crippen LogP contribution in [-0.4, -0.2) is 25.3 Å². The molecule has 0 saturated carbocycles. The van der Waals surface area contributed by atoms with Crippen LogP contribution in [0, 0.1) is 11.3 Å². The van der Waals surface area contributed by atoms with E-state index in [-0.39, 0.29) is 5.75 Å². The first kappa shape index (κ1) is 13.6. The van der Waals surface area contributed by atoms with E-state index in [0.717, 1.165) is 6.42 Å². The molecule has 1 N–H and O–H groups in total. The van der Waals surface area contributed by atoms with Gasteiger partial charge in [0.15, 0.2) is 9.84 Å². The highest BCUT2D eigenvalue weighted by Gasteiger charge is 2.34. The first-order valence-corrected chi connectivity index (χ1v) is 7.77. The molecule has 1 aliphatic rings. The monoisotopic (exact) mass is 278 g/mol. The van der Waals surface area contributed by atoms with Gasteiger partial charge in [0, 0.05) is 5.69 Å². The van der Waals surface area contributed by atoms with Crippen molar-refractivity contribution in [1.29, 1.82) is 5.26 Å². The summed E-state index contributed by atoms with van der Waals surface area (Å²) >= 11 is 0. The van der Waals surface area contributed by atoms with E-state index in [1.54, 1.807) is 18.2 Å². The molecule has 1 atom stereocenters. The number of anilines is 1. The third-order valence-electron chi connectivity index (χ3n) is 3.13. The van der Waals surface area contributed by atoms with Crippen molar-refractivity contribution in [2.75, 3.05) is 11.1 Å². The van der Waals surface area contributed by atoms with E-state index in [0.29, 0.717) is 24.1 Å². The highest BCUT2D eigenvalue weighted by molar-refractivity contribution is 7.92. The second-order valence-electron chi connectivity index (χ2n) is 4.53. The first-order chi connectivity index (χ1) is 9.03. The molecule has 1 heterocycles. The van der Waals surface area contributed by atoms with Gasteiger partial charge in [-0.05, 0) is 31.0 Å². The van der Waals surface area contributed by atoms with Gasteiger partial charge >= 0.3 is 0 Å². The topological polar surface area (TPSA) is 87.0 Å². The number of nitrogens with one attached hydrogen (secondary N) is 1. The molecular formula is C13H14N2O3S. The van der Waals surface area contributed by atoms with Crippen LogP contribution in [0.1, 0.15) is 24.8 Å². The molecule has 1 unspecified atom stereocenters. The van der Waals surface area contributed by atoms with Gasteiger partial charge in [0.2, 0.25) is 5.91 Å². The van der Waals surface area contributed by atoms with Crippen LogP contribution in [0.5, 0.6) is 0 Å². The van der Waals surface area contributed by atoms with Crippen LogP contribution in [0.2, 0.25) is 0 Å². The smallest absolute Gasteiger partial charge is 0.242 e. The fourth-order valence-corrected chi connectivity index (χ4v) is 3.94. The second-order valence-corrected chi connectivity index (χ2v) is 6.84. The van der Waals surface area contributed by atoms with E-state index >= 15 is 0 Å². The highest BCUT2D eigenvalue weighted by Crippen LogP contribution is 2.21. The van der Waals surface area contributed by atoms with Crippen LogP contribution >= 0.6 is 0 Å². The lowest BCUT2D eigenvalue weighted by atomic mass is 10.1. The van der Waals surface area contributed by atoms with Gasteiger partial charge in [-0.1, -0.05) is 12.5 Å². The molecule has 2 rings (SSSR count). The summed E-state index contributed by atoms with van der Waals surface area (Å²) in [6, 6.07) is 8.38. The minimum absolute atomic E-state index is 0.0727. The van der Waals surface area contributed by atoms with Crippen LogP contribution in [0.15, 0.2) is 24.3 Å². The Hall–Kier alpha value is -1.87. The predicted molar refractivity (Wildman–Crippen MR) is 71.2 cm³/mol. The zero-order valence-electron chi connectivity index (χ0n) is 10.3. The summed E-state index contributed by atoms with van der Waals surface area (Å²) in [6.45, 7) is 0. The van der Waals surface area contributed by atoms with Crippen LogP contribution in [0.4, 0.5) is 5.69 Å². The van der Waals surface area contributed by atoms with Gasteiger partial charge in [-0.2, -0.15) is 5.26 Å². The maximum absolute atomic E-state index is 12.0. The minimum Gasteiger partial charge on any atom is -0.325 e. The van der Waals surface area contributed by atoms with Gasteiger partial charge in [-0.3, -0.25) is 4.79 Å². The summed E-state index contributed by atoms with van der Waals surface area (Å²) in [5.41, 5.74) is 0.870. The Balaban J connectivity index is 2.14. The number of hydrogen-bond acceptors (Lipinski definition) is 4. The lowest BCUT2D eigenvalue weighted by molar-refractivity contribution is -0.116. The molecule has 0 bridgehead atoms. The Kier molecular flexibility index (Phi) is 3.86. The van der Waals surface area contributed by atoms with Gasteiger partial charge in [-0.25, -0.2) is 8.42 Å². The fourth-order valence-electron chi connectivity index (χ4n) is 2.14. The van der Waals surface area contributed by atoms with Crippen molar-refractivity contribution in [2.45, 2.75) is 24.5 Å². The summed E-state index contributed by atoms with van der Waals surface area (Å²) in [6.07, 6.45) is 1.73. The van der Waals surface area contributed by atoms with Crippen molar-refractivity contribution < 1.29 is 13.2 Å². The van der Waals surface area contributed by atoms with Crippen molar-refractivity contribution in [2.24, 2.45) is 0 Å². The van der Waals surface area contributed by atoms with E-state index in [2.05, 4.69) is 5.32 Å². The number of nitrogens with zero attached hydrogens (tertiary/aromatic N) is 1. The maximum Gasteiger partial charge on any atom is 0.242 e. The van der Waals surface area contributed by atoms with Crippen LogP contribution < -0.4 is 5.32 Å². The number of carbonyl (C=O) groups is 1. The maximum atomic E-state index is 12.0. The third-order valence-corrected chi connectivity index (χ3v) is 5.30. The second kappa shape index (κ2) is 5.41. The predicted octanol–water partition coefficient (Wildman–Crippen LogP) is 1.46. The largest absolute Gasteiger partial charge is 0.325 e. The molecule has 100 valence electrons. The average molecular weight is 278 g/mol. The fraction of sp³-hybridized carbons (Fsp3) is 0.385. The molecule has 5 nitrogen and oxygen atoms in total. The number of rotatable bonds is 2. The van der Waals surface area contributed by atoms with E-state index < -0.39 is 21.0 Å². The molecule has 19 heavy (non-hydrogen) atoms. The van der Waals surface area contributed by atoms with Crippen molar-refractivity contribution in [3.8, 4) is 6.07 Å². The Labute approximate surface area is 112 Å². The van der Waals surface area contributed by atoms with Crippen molar-refractivity contribution >= 4 is 21.4 Å². The lowest BCUT2D eigenvalue weighted by Gasteiger charge is -2.21. The molecule has 0 aliphatic carbocycles. The van der Waals surface area contributed by atoms with Crippen molar-refractivity contribution in [3.63, 3.8) is 0 Å². The summed E-state index contributed by atoms with van der Waals surface area (Å²) < 4.78 is 23.6. The molecule has 6 heteroatoms. The Morgan fingerprint density at radius 1 is 1.37 bits per heavy atom. The number of carbonyl (C=O) groups excluding carboxylic acids is 1. The number of nitriles is 1. The quantitative estimate of drug-likeness (QED) is 0.887. The van der Waals surface area contributed by atoms with E-state index in [9.17, 15) is 13.2 Å². The highest BCUT2D eigenvalue weighted by atomic mass is 32.2.